The van der Waals surface area contributed by atoms with E-state index in [4.69, 9.17) is 5.73 Å². The Morgan fingerprint density at radius 3 is 3.06 bits per heavy atom. The van der Waals surface area contributed by atoms with Crippen molar-refractivity contribution >= 4 is 5.91 Å². The van der Waals surface area contributed by atoms with Gasteiger partial charge in [-0.15, -0.1) is 0 Å². The molecule has 0 aliphatic heterocycles. The smallest absolute Gasteiger partial charge is 0.236 e. The predicted molar refractivity (Wildman–Crippen MR) is 68.8 cm³/mol. The quantitative estimate of drug-likeness (QED) is 0.831. The van der Waals surface area contributed by atoms with Crippen LogP contribution >= 0.6 is 0 Å². The normalized spacial score (nSPS) is 20.5. The minimum Gasteiger partial charge on any atom is -0.354 e. The summed E-state index contributed by atoms with van der Waals surface area (Å²) in [5.74, 6) is 0.385. The van der Waals surface area contributed by atoms with E-state index in [-0.39, 0.29) is 5.91 Å². The van der Waals surface area contributed by atoms with Crippen LogP contribution in [-0.4, -0.2) is 18.5 Å². The zero-order chi connectivity index (χ0) is 12.3. The third-order valence-corrected chi connectivity index (χ3v) is 3.43. The third kappa shape index (κ3) is 2.86. The first-order valence-electron chi connectivity index (χ1n) is 6.29. The Bertz CT molecular complexity index is 401. The highest BCUT2D eigenvalue weighted by atomic mass is 16.2. The van der Waals surface area contributed by atoms with Crippen LogP contribution in [0.3, 0.4) is 0 Å². The lowest BCUT2D eigenvalue weighted by Crippen LogP contribution is -2.40. The molecule has 17 heavy (non-hydrogen) atoms. The van der Waals surface area contributed by atoms with Crippen LogP contribution in [0.2, 0.25) is 0 Å². The Labute approximate surface area is 102 Å². The summed E-state index contributed by atoms with van der Waals surface area (Å²) >= 11 is 0. The molecule has 1 aromatic carbocycles. The van der Waals surface area contributed by atoms with Crippen molar-refractivity contribution in [2.45, 2.75) is 38.1 Å². The zero-order valence-electron chi connectivity index (χ0n) is 10.3. The van der Waals surface area contributed by atoms with Gasteiger partial charge in [0.05, 0.1) is 6.04 Å². The molecule has 0 fully saturated rings. The molecule has 0 spiro atoms. The first kappa shape index (κ1) is 12.1. The van der Waals surface area contributed by atoms with Crippen LogP contribution < -0.4 is 11.1 Å². The van der Waals surface area contributed by atoms with Gasteiger partial charge in [-0.25, -0.2) is 0 Å². The number of carbonyl (C=O) groups is 1. The first-order valence-corrected chi connectivity index (χ1v) is 6.29. The lowest BCUT2D eigenvalue weighted by Gasteiger charge is -2.25. The second-order valence-electron chi connectivity index (χ2n) is 4.82. The number of benzene rings is 1. The monoisotopic (exact) mass is 232 g/mol. The standard InChI is InChI=1S/C14H20N2O/c1-10(15)14(17)16-9-12-7-4-6-11-5-2-3-8-13(11)12/h2-3,5,8,10,12H,4,6-7,9,15H2,1H3,(H,16,17)/t10-,12?/m1/s1. The van der Waals surface area contributed by atoms with Crippen molar-refractivity contribution in [3.05, 3.63) is 35.4 Å². The van der Waals surface area contributed by atoms with Crippen LogP contribution in [0.5, 0.6) is 0 Å². The minimum absolute atomic E-state index is 0.0620. The van der Waals surface area contributed by atoms with E-state index in [1.165, 1.54) is 17.5 Å². The number of rotatable bonds is 3. The molecular weight excluding hydrogens is 212 g/mol. The number of carbonyl (C=O) groups excluding carboxylic acids is 1. The fourth-order valence-corrected chi connectivity index (χ4v) is 2.45. The van der Waals surface area contributed by atoms with E-state index in [0.29, 0.717) is 12.5 Å². The molecule has 3 nitrogen and oxygen atoms in total. The van der Waals surface area contributed by atoms with Crippen LogP contribution in [0.1, 0.15) is 36.8 Å². The van der Waals surface area contributed by atoms with Gasteiger partial charge in [0.2, 0.25) is 5.91 Å². The Hall–Kier alpha value is -1.35. The van der Waals surface area contributed by atoms with Crippen LogP contribution in [-0.2, 0) is 11.2 Å². The van der Waals surface area contributed by atoms with Gasteiger partial charge in [-0.05, 0) is 37.3 Å². The van der Waals surface area contributed by atoms with Gasteiger partial charge in [-0.3, -0.25) is 4.79 Å². The average molecular weight is 232 g/mol. The average Bonchev–Trinajstić information content (AvgIpc) is 2.35. The maximum Gasteiger partial charge on any atom is 0.236 e. The second kappa shape index (κ2) is 5.32. The summed E-state index contributed by atoms with van der Waals surface area (Å²) < 4.78 is 0. The van der Waals surface area contributed by atoms with Gasteiger partial charge in [0.15, 0.2) is 0 Å². The molecule has 2 rings (SSSR count). The highest BCUT2D eigenvalue weighted by Gasteiger charge is 2.20. The molecule has 0 radical (unpaired) electrons. The summed E-state index contributed by atoms with van der Waals surface area (Å²) in [6.07, 6.45) is 3.51. The van der Waals surface area contributed by atoms with Crippen molar-refractivity contribution in [1.29, 1.82) is 0 Å². The first-order chi connectivity index (χ1) is 8.18. The maximum absolute atomic E-state index is 11.5. The van der Waals surface area contributed by atoms with Gasteiger partial charge in [-0.2, -0.15) is 0 Å². The van der Waals surface area contributed by atoms with Crippen LogP contribution in [0.4, 0.5) is 0 Å². The zero-order valence-corrected chi connectivity index (χ0v) is 10.3. The molecule has 0 saturated heterocycles. The van der Waals surface area contributed by atoms with Crippen molar-refractivity contribution < 1.29 is 4.79 Å². The van der Waals surface area contributed by atoms with Gasteiger partial charge in [0.1, 0.15) is 0 Å². The third-order valence-electron chi connectivity index (χ3n) is 3.43. The summed E-state index contributed by atoms with van der Waals surface area (Å²) in [6, 6.07) is 8.10. The van der Waals surface area contributed by atoms with Gasteiger partial charge < -0.3 is 11.1 Å². The number of hydrogen-bond donors (Lipinski definition) is 2. The van der Waals surface area contributed by atoms with Crippen molar-refractivity contribution in [2.24, 2.45) is 5.73 Å². The molecule has 92 valence electrons. The van der Waals surface area contributed by atoms with E-state index in [9.17, 15) is 4.79 Å². The summed E-state index contributed by atoms with van der Waals surface area (Å²) in [7, 11) is 0. The van der Waals surface area contributed by atoms with Gasteiger partial charge in [0.25, 0.3) is 0 Å². The highest BCUT2D eigenvalue weighted by Crippen LogP contribution is 2.30. The molecule has 0 heterocycles. The van der Waals surface area contributed by atoms with Crippen LogP contribution in [0, 0.1) is 0 Å². The van der Waals surface area contributed by atoms with E-state index in [1.807, 2.05) is 0 Å². The van der Waals surface area contributed by atoms with E-state index in [2.05, 4.69) is 29.6 Å². The molecule has 1 aromatic rings. The molecule has 2 atom stereocenters. The Morgan fingerprint density at radius 1 is 1.53 bits per heavy atom. The molecule has 1 amide bonds. The lowest BCUT2D eigenvalue weighted by molar-refractivity contribution is -0.122. The summed E-state index contributed by atoms with van der Waals surface area (Å²) in [5.41, 5.74) is 8.36. The number of hydrogen-bond acceptors (Lipinski definition) is 2. The molecule has 1 aliphatic rings. The van der Waals surface area contributed by atoms with Crippen LogP contribution in [0.15, 0.2) is 24.3 Å². The SMILES string of the molecule is C[C@@H](N)C(=O)NCC1CCCc2ccccc21. The summed E-state index contributed by atoms with van der Waals surface area (Å²) in [4.78, 5) is 11.5. The van der Waals surface area contributed by atoms with Crippen molar-refractivity contribution in [2.75, 3.05) is 6.54 Å². The Morgan fingerprint density at radius 2 is 2.29 bits per heavy atom. The van der Waals surface area contributed by atoms with Gasteiger partial charge >= 0.3 is 0 Å². The lowest BCUT2D eigenvalue weighted by atomic mass is 9.83. The number of fused-ring (bicyclic) bond motifs is 1. The highest BCUT2D eigenvalue weighted by molar-refractivity contribution is 5.81. The summed E-state index contributed by atoms with van der Waals surface area (Å²) in [6.45, 7) is 2.42. The van der Waals surface area contributed by atoms with E-state index in [0.717, 1.165) is 12.8 Å². The number of aryl methyl sites for hydroxylation is 1. The second-order valence-corrected chi connectivity index (χ2v) is 4.82. The molecule has 0 saturated carbocycles. The Balaban J connectivity index is 2.01. The fraction of sp³-hybridized carbons (Fsp3) is 0.500. The fourth-order valence-electron chi connectivity index (χ4n) is 2.45. The number of amides is 1. The number of nitrogens with one attached hydrogen (secondary N) is 1. The van der Waals surface area contributed by atoms with E-state index >= 15 is 0 Å². The maximum atomic E-state index is 11.5. The predicted octanol–water partition coefficient (Wildman–Crippen LogP) is 1.57. The molecular formula is C14H20N2O. The van der Waals surface area contributed by atoms with Crippen LogP contribution in [0.25, 0.3) is 0 Å². The molecule has 3 N–H and O–H groups in total. The molecule has 0 bridgehead atoms. The molecule has 1 unspecified atom stereocenters. The molecule has 0 aromatic heterocycles. The Kier molecular flexibility index (Phi) is 3.79. The number of nitrogens with two attached hydrogens (primary N) is 1. The van der Waals surface area contributed by atoms with Crippen molar-refractivity contribution in [1.82, 2.24) is 5.32 Å². The van der Waals surface area contributed by atoms with E-state index < -0.39 is 6.04 Å². The van der Waals surface area contributed by atoms with Gasteiger partial charge in [0, 0.05) is 12.5 Å². The molecule has 1 aliphatic carbocycles. The van der Waals surface area contributed by atoms with Crippen molar-refractivity contribution in [3.63, 3.8) is 0 Å². The molecule has 3 heteroatoms. The van der Waals surface area contributed by atoms with Crippen molar-refractivity contribution in [3.8, 4) is 0 Å². The van der Waals surface area contributed by atoms with E-state index in [1.54, 1.807) is 6.92 Å². The summed E-state index contributed by atoms with van der Waals surface area (Å²) in [5, 5.41) is 2.93. The van der Waals surface area contributed by atoms with Gasteiger partial charge in [-0.1, -0.05) is 24.3 Å². The topological polar surface area (TPSA) is 55.1 Å². The minimum atomic E-state index is -0.422. The largest absolute Gasteiger partial charge is 0.354 e.